The van der Waals surface area contributed by atoms with Gasteiger partial charge in [-0.15, -0.1) is 0 Å². The SMILES string of the molecule is CCCCCCCCCCCCC(CCCCCCCCCC)COC(=O)c1c(C(=O)OCC(CCCCCCCCCC)CCCCCCCCCCCC)c2ccc3cc4ccc5c(C(=O)OCC(CCCCCCCCCC)CCCCCCCCCCCC)c(C(=O)OCC(CCCCCCCCCC)CCCCCCCCCCCC)c6ccc7cc8ccc1c1c8c8c7c6c5c4c8c3c21. The molecule has 8 heteroatoms. The zero-order valence-electron chi connectivity index (χ0n) is 91.7. The zero-order valence-corrected chi connectivity index (χ0v) is 91.7. The monoisotopic (exact) mass is 1920 g/mol. The largest absolute Gasteiger partial charge is 0.462 e. The van der Waals surface area contributed by atoms with Gasteiger partial charge in [-0.3, -0.25) is 0 Å². The van der Waals surface area contributed by atoms with E-state index < -0.39 is 23.9 Å². The second-order valence-corrected chi connectivity index (χ2v) is 45.1. The van der Waals surface area contributed by atoms with E-state index in [2.05, 4.69) is 116 Å². The van der Waals surface area contributed by atoms with Crippen molar-refractivity contribution in [2.24, 2.45) is 23.7 Å². The van der Waals surface area contributed by atoms with Gasteiger partial charge in [0.15, 0.2) is 0 Å². The standard InChI is InChI=1S/C132H206O8/c1-9-17-25-33-41-49-53-61-69-77-85-103(81-73-65-57-45-37-29-21-13-5)99-137-129(133)123-111-93-89-107-97-109-91-95-113-121-117(109)127-115(107)119(111)120-112(124(123)130(134)138-100-104(82-74-66-58-46-38-30-22-14-6)86-78-70-62-54-50-42-34-26-18-10-2)94-90-108-98-110-92-96-114(122(121)118(110)128(127)116(108)120)126(132(136)140-102-106(84-76-68-60-48-40-32-24-16-8)88-80-72-64-56-52-44-36-28-20-12-4)125(113)131(135)139-101-105(83-75-67-59-47-39-31-23-15-7)87-79-71-63-55-51-43-35-27-19-11-3/h89-98,103-106H,9-88,99-102H2,1-8H3. The highest BCUT2D eigenvalue weighted by Crippen LogP contribution is 2.57. The summed E-state index contributed by atoms with van der Waals surface area (Å²) in [6, 6.07) is 22.1. The molecule has 0 aliphatic rings. The summed E-state index contributed by atoms with van der Waals surface area (Å²) in [5, 5.41) is 17.3. The number of carbonyl (C=O) groups excluding carboxylic acids is 4. The summed E-state index contributed by atoms with van der Waals surface area (Å²) in [4.78, 5) is 66.2. The Kier molecular flexibility index (Phi) is 57.6. The third-order valence-corrected chi connectivity index (χ3v) is 33.2. The fraction of sp³-hybridized carbons (Fsp3) is 0.727. The lowest BCUT2D eigenvalue weighted by Gasteiger charge is -2.28. The molecular formula is C132H206O8. The topological polar surface area (TPSA) is 105 Å². The van der Waals surface area contributed by atoms with Crippen molar-refractivity contribution in [2.45, 2.75) is 569 Å². The number of hydrogen-bond acceptors (Lipinski definition) is 8. The van der Waals surface area contributed by atoms with Crippen molar-refractivity contribution in [2.75, 3.05) is 26.4 Å². The number of esters is 4. The molecule has 782 valence electrons. The van der Waals surface area contributed by atoms with Gasteiger partial charge in [0, 0.05) is 0 Å². The van der Waals surface area contributed by atoms with Crippen LogP contribution >= 0.6 is 0 Å². The van der Waals surface area contributed by atoms with Crippen molar-refractivity contribution in [3.05, 3.63) is 82.9 Å². The Bertz CT molecular complexity index is 4290. The van der Waals surface area contributed by atoms with Crippen molar-refractivity contribution < 1.29 is 38.1 Å². The first-order valence-electron chi connectivity index (χ1n) is 61.4. The van der Waals surface area contributed by atoms with Gasteiger partial charge in [0.25, 0.3) is 0 Å². The predicted octanol–water partition coefficient (Wildman–Crippen LogP) is 43.7. The maximum atomic E-state index is 16.5. The van der Waals surface area contributed by atoms with Crippen LogP contribution in [0.5, 0.6) is 0 Å². The second-order valence-electron chi connectivity index (χ2n) is 45.1. The van der Waals surface area contributed by atoms with Crippen molar-refractivity contribution in [1.29, 1.82) is 0 Å². The predicted molar refractivity (Wildman–Crippen MR) is 610 cm³/mol. The van der Waals surface area contributed by atoms with E-state index in [-0.39, 0.29) is 23.7 Å². The van der Waals surface area contributed by atoms with E-state index in [1.165, 1.54) is 411 Å². The van der Waals surface area contributed by atoms with Crippen LogP contribution in [0.25, 0.3) is 97.0 Å². The summed E-state index contributed by atoms with van der Waals surface area (Å²) in [5.41, 5.74) is 1.27. The van der Waals surface area contributed by atoms with Crippen LogP contribution in [0.2, 0.25) is 0 Å². The van der Waals surface area contributed by atoms with Crippen LogP contribution in [0.4, 0.5) is 0 Å². The molecule has 0 fully saturated rings. The summed E-state index contributed by atoms with van der Waals surface area (Å²) in [6.07, 6.45) is 99.2. The zero-order chi connectivity index (χ0) is 98.6. The molecule has 4 unspecified atom stereocenters. The smallest absolute Gasteiger partial charge is 0.339 e. The molecule has 8 nitrogen and oxygen atoms in total. The lowest BCUT2D eigenvalue weighted by Crippen LogP contribution is -2.21. The molecule has 0 heterocycles. The molecule has 140 heavy (non-hydrogen) atoms. The molecule has 0 spiro atoms. The highest BCUT2D eigenvalue weighted by atomic mass is 16.5. The normalized spacial score (nSPS) is 13.1. The van der Waals surface area contributed by atoms with Crippen molar-refractivity contribution in [3.63, 3.8) is 0 Å². The van der Waals surface area contributed by atoms with Gasteiger partial charge in [-0.25, -0.2) is 19.2 Å². The number of unbranched alkanes of at least 4 members (excludes halogenated alkanes) is 64. The van der Waals surface area contributed by atoms with E-state index in [1.54, 1.807) is 0 Å². The minimum absolute atomic E-state index is 0.202. The third-order valence-electron chi connectivity index (χ3n) is 33.2. The quantitative estimate of drug-likeness (QED) is 0.0122. The summed E-state index contributed by atoms with van der Waals surface area (Å²) >= 11 is 0. The maximum absolute atomic E-state index is 16.5. The van der Waals surface area contributed by atoms with Gasteiger partial charge in [0.2, 0.25) is 0 Å². The number of hydrogen-bond donors (Lipinski definition) is 0. The van der Waals surface area contributed by atoms with Gasteiger partial charge in [-0.1, -0.05) is 566 Å². The molecule has 0 radical (unpaired) electrons. The van der Waals surface area contributed by atoms with Gasteiger partial charge >= 0.3 is 23.9 Å². The average molecular weight is 1920 g/mol. The Labute approximate surface area is 855 Å². The molecule has 0 saturated heterocycles. The van der Waals surface area contributed by atoms with Gasteiger partial charge in [-0.05, 0) is 184 Å². The van der Waals surface area contributed by atoms with Gasteiger partial charge < -0.3 is 18.9 Å². The molecular weight excluding hydrogens is 1710 g/mol. The third kappa shape index (κ3) is 37.3. The van der Waals surface area contributed by atoms with Crippen molar-refractivity contribution in [3.8, 4) is 0 Å². The molecule has 0 amide bonds. The van der Waals surface area contributed by atoms with Gasteiger partial charge in [-0.2, -0.15) is 0 Å². The fourth-order valence-corrected chi connectivity index (χ4v) is 24.6. The molecule has 0 bridgehead atoms. The fourth-order valence-electron chi connectivity index (χ4n) is 24.6. The molecule has 0 aromatic heterocycles. The number of carbonyl (C=O) groups is 4. The molecule has 4 atom stereocenters. The first kappa shape index (κ1) is 116. The number of ether oxygens (including phenoxy) is 4. The minimum Gasteiger partial charge on any atom is -0.462 e. The number of benzene rings is 10. The van der Waals surface area contributed by atoms with Crippen molar-refractivity contribution in [1.82, 2.24) is 0 Å². The van der Waals surface area contributed by atoms with Crippen LogP contribution < -0.4 is 0 Å². The summed E-state index contributed by atoms with van der Waals surface area (Å²) in [5.74, 6) is -0.966. The van der Waals surface area contributed by atoms with Crippen molar-refractivity contribution >= 4 is 121 Å². The average Bonchev–Trinajstić information content (AvgIpc) is 0.653. The molecule has 0 N–H and O–H groups in total. The van der Waals surface area contributed by atoms with E-state index >= 15 is 19.2 Å². The Morgan fingerprint density at radius 3 is 0.429 bits per heavy atom. The number of rotatable bonds is 92. The van der Waals surface area contributed by atoms with Gasteiger partial charge in [0.05, 0.1) is 48.7 Å². The lowest BCUT2D eigenvalue weighted by atomic mass is 9.75. The molecule has 10 aromatic carbocycles. The summed E-state index contributed by atoms with van der Waals surface area (Å²) in [7, 11) is 0. The van der Waals surface area contributed by atoms with E-state index in [4.69, 9.17) is 18.9 Å². The first-order valence-corrected chi connectivity index (χ1v) is 61.4. The summed E-state index contributed by atoms with van der Waals surface area (Å²) in [6.45, 7) is 19.6. The van der Waals surface area contributed by atoms with Crippen LogP contribution in [0, 0.1) is 23.7 Å². The highest BCUT2D eigenvalue weighted by Gasteiger charge is 2.37. The van der Waals surface area contributed by atoms with E-state index in [0.717, 1.165) is 200 Å². The first-order chi connectivity index (χ1) is 69.1. The summed E-state index contributed by atoms with van der Waals surface area (Å²) < 4.78 is 28.0. The minimum atomic E-state index is -0.444. The van der Waals surface area contributed by atoms with Crippen LogP contribution in [0.1, 0.15) is 610 Å². The molecule has 0 aliphatic carbocycles. The van der Waals surface area contributed by atoms with Gasteiger partial charge in [0.1, 0.15) is 0 Å². The maximum Gasteiger partial charge on any atom is 0.339 e. The van der Waals surface area contributed by atoms with Crippen LogP contribution in [0.15, 0.2) is 60.7 Å². The molecule has 0 aliphatic heterocycles. The highest BCUT2D eigenvalue weighted by molar-refractivity contribution is 6.55. The Balaban J connectivity index is 1.09. The lowest BCUT2D eigenvalue weighted by molar-refractivity contribution is 0.0379. The molecule has 10 rings (SSSR count). The Morgan fingerprint density at radius 2 is 0.293 bits per heavy atom. The van der Waals surface area contributed by atoms with E-state index in [9.17, 15) is 0 Å². The van der Waals surface area contributed by atoms with Crippen LogP contribution in [-0.4, -0.2) is 50.3 Å². The Hall–Kier alpha value is -6.28. The molecule has 10 aromatic rings. The van der Waals surface area contributed by atoms with Crippen LogP contribution in [-0.2, 0) is 18.9 Å². The second kappa shape index (κ2) is 69.7. The Morgan fingerprint density at radius 1 is 0.164 bits per heavy atom. The molecule has 0 saturated carbocycles. The van der Waals surface area contributed by atoms with E-state index in [1.807, 2.05) is 0 Å². The van der Waals surface area contributed by atoms with Crippen LogP contribution in [0.3, 0.4) is 0 Å². The van der Waals surface area contributed by atoms with E-state index in [0.29, 0.717) is 48.7 Å².